The Labute approximate surface area is 99.7 Å². The topological polar surface area (TPSA) is 33.2 Å². The normalized spacial score (nSPS) is 14.1. The molecule has 1 amide bonds. The maximum Gasteiger partial charge on any atom is 0.254 e. The van der Waals surface area contributed by atoms with E-state index in [2.05, 4.69) is 10.9 Å². The van der Waals surface area contributed by atoms with Crippen molar-refractivity contribution < 1.29 is 9.18 Å². The maximum absolute atomic E-state index is 12.9. The van der Waals surface area contributed by atoms with Gasteiger partial charge in [0.05, 0.1) is 6.54 Å². The molecule has 0 radical (unpaired) electrons. The van der Waals surface area contributed by atoms with E-state index < -0.39 is 5.95 Å². The van der Waals surface area contributed by atoms with Crippen LogP contribution in [0.4, 0.5) is 4.39 Å². The quantitative estimate of drug-likeness (QED) is 0.585. The first-order valence-electron chi connectivity index (χ1n) is 5.55. The van der Waals surface area contributed by atoms with Gasteiger partial charge in [0.15, 0.2) is 0 Å². The van der Waals surface area contributed by atoms with E-state index in [-0.39, 0.29) is 12.5 Å². The van der Waals surface area contributed by atoms with Gasteiger partial charge in [0.2, 0.25) is 5.95 Å². The molecule has 1 aromatic heterocycles. The van der Waals surface area contributed by atoms with Crippen LogP contribution in [-0.2, 0) is 0 Å². The van der Waals surface area contributed by atoms with Crippen molar-refractivity contribution in [2.24, 2.45) is 5.92 Å². The summed E-state index contributed by atoms with van der Waals surface area (Å²) in [6, 6.07) is 2.64. The lowest BCUT2D eigenvalue weighted by atomic mass is 10.2. The first-order valence-corrected chi connectivity index (χ1v) is 5.55. The van der Waals surface area contributed by atoms with Crippen molar-refractivity contribution in [2.75, 3.05) is 13.1 Å². The third kappa shape index (κ3) is 3.04. The summed E-state index contributed by atoms with van der Waals surface area (Å²) < 4.78 is 12.9. The van der Waals surface area contributed by atoms with Gasteiger partial charge in [-0.15, -0.1) is 6.42 Å². The molecule has 1 aromatic rings. The Morgan fingerprint density at radius 3 is 3.00 bits per heavy atom. The van der Waals surface area contributed by atoms with Gasteiger partial charge in [-0.2, -0.15) is 4.39 Å². The van der Waals surface area contributed by atoms with Gasteiger partial charge < -0.3 is 4.90 Å². The highest BCUT2D eigenvalue weighted by Gasteiger charge is 2.26. The molecule has 1 aliphatic rings. The molecular weight excluding hydrogens is 219 g/mol. The number of hydrogen-bond donors (Lipinski definition) is 0. The molecule has 2 rings (SSSR count). The van der Waals surface area contributed by atoms with E-state index in [9.17, 15) is 9.18 Å². The van der Waals surface area contributed by atoms with E-state index in [4.69, 9.17) is 6.42 Å². The number of halogens is 1. The van der Waals surface area contributed by atoms with Crippen LogP contribution >= 0.6 is 0 Å². The molecule has 0 N–H and O–H groups in total. The van der Waals surface area contributed by atoms with Gasteiger partial charge in [0, 0.05) is 24.4 Å². The van der Waals surface area contributed by atoms with E-state index in [0.717, 1.165) is 18.9 Å². The summed E-state index contributed by atoms with van der Waals surface area (Å²) in [7, 11) is 0. The second-order valence-corrected chi connectivity index (χ2v) is 4.20. The number of amides is 1. The monoisotopic (exact) mass is 232 g/mol. The summed E-state index contributed by atoms with van der Waals surface area (Å²) in [6.45, 7) is 0.923. The zero-order valence-electron chi connectivity index (χ0n) is 9.40. The second kappa shape index (κ2) is 4.96. The van der Waals surface area contributed by atoms with Crippen molar-refractivity contribution in [3.8, 4) is 12.3 Å². The predicted molar refractivity (Wildman–Crippen MR) is 61.7 cm³/mol. The zero-order chi connectivity index (χ0) is 12.3. The van der Waals surface area contributed by atoms with Crippen LogP contribution in [0, 0.1) is 24.2 Å². The molecule has 1 aliphatic carbocycles. The minimum Gasteiger partial charge on any atom is -0.327 e. The summed E-state index contributed by atoms with van der Waals surface area (Å²) in [5.41, 5.74) is 0.299. The molecule has 0 atom stereocenters. The van der Waals surface area contributed by atoms with E-state index in [1.807, 2.05) is 0 Å². The van der Waals surface area contributed by atoms with Crippen molar-refractivity contribution in [3.05, 3.63) is 29.8 Å². The predicted octanol–water partition coefficient (Wildman–Crippen LogP) is 1.71. The Morgan fingerprint density at radius 2 is 2.41 bits per heavy atom. The highest BCUT2D eigenvalue weighted by Crippen LogP contribution is 2.30. The lowest BCUT2D eigenvalue weighted by molar-refractivity contribution is 0.0769. The molecule has 17 heavy (non-hydrogen) atoms. The Morgan fingerprint density at radius 1 is 1.65 bits per heavy atom. The minimum atomic E-state index is -0.650. The standard InChI is InChI=1S/C13H13FN2O/c1-2-7-16(9-10-3-4-10)13(17)11-5-6-15-12(14)8-11/h1,5-6,8,10H,3-4,7,9H2. The third-order valence-electron chi connectivity index (χ3n) is 2.72. The highest BCUT2D eigenvalue weighted by atomic mass is 19.1. The van der Waals surface area contributed by atoms with E-state index in [1.165, 1.54) is 12.3 Å². The van der Waals surface area contributed by atoms with Crippen LogP contribution < -0.4 is 0 Å². The number of carbonyl (C=O) groups excluding carboxylic acids is 1. The molecule has 1 fully saturated rings. The summed E-state index contributed by atoms with van der Waals surface area (Å²) in [6.07, 6.45) is 8.80. The minimum absolute atomic E-state index is 0.226. The molecule has 0 saturated heterocycles. The zero-order valence-corrected chi connectivity index (χ0v) is 9.40. The van der Waals surface area contributed by atoms with Crippen molar-refractivity contribution >= 4 is 5.91 Å². The van der Waals surface area contributed by atoms with Gasteiger partial charge in [-0.25, -0.2) is 4.98 Å². The van der Waals surface area contributed by atoms with E-state index >= 15 is 0 Å². The summed E-state index contributed by atoms with van der Waals surface area (Å²) >= 11 is 0. The molecule has 4 heteroatoms. The number of aromatic nitrogens is 1. The van der Waals surface area contributed by atoms with Crippen LogP contribution in [0.25, 0.3) is 0 Å². The van der Waals surface area contributed by atoms with Crippen LogP contribution in [0.2, 0.25) is 0 Å². The van der Waals surface area contributed by atoms with E-state index in [0.29, 0.717) is 18.0 Å². The van der Waals surface area contributed by atoms with Gasteiger partial charge in [-0.3, -0.25) is 4.79 Å². The number of rotatable bonds is 4. The maximum atomic E-state index is 12.9. The smallest absolute Gasteiger partial charge is 0.254 e. The molecule has 0 aromatic carbocycles. The largest absolute Gasteiger partial charge is 0.327 e. The molecule has 3 nitrogen and oxygen atoms in total. The third-order valence-corrected chi connectivity index (χ3v) is 2.72. The van der Waals surface area contributed by atoms with Crippen molar-refractivity contribution in [1.29, 1.82) is 0 Å². The van der Waals surface area contributed by atoms with Crippen LogP contribution in [0.3, 0.4) is 0 Å². The van der Waals surface area contributed by atoms with Crippen molar-refractivity contribution in [2.45, 2.75) is 12.8 Å². The molecule has 0 bridgehead atoms. The molecular formula is C13H13FN2O. The summed E-state index contributed by atoms with van der Waals surface area (Å²) in [4.78, 5) is 17.1. The van der Waals surface area contributed by atoms with Gasteiger partial charge in [-0.1, -0.05) is 5.92 Å². The van der Waals surface area contributed by atoms with Gasteiger partial charge >= 0.3 is 0 Å². The highest BCUT2D eigenvalue weighted by molar-refractivity contribution is 5.94. The van der Waals surface area contributed by atoms with Crippen LogP contribution in [-0.4, -0.2) is 28.9 Å². The molecule has 0 unspecified atom stereocenters. The Balaban J connectivity index is 2.12. The Hall–Kier alpha value is -1.89. The molecule has 0 spiro atoms. The average Bonchev–Trinajstić information content (AvgIpc) is 3.11. The fourth-order valence-electron chi connectivity index (χ4n) is 1.66. The Bertz CT molecular complexity index is 463. The first kappa shape index (κ1) is 11.6. The van der Waals surface area contributed by atoms with Crippen LogP contribution in [0.5, 0.6) is 0 Å². The first-order chi connectivity index (χ1) is 8.20. The summed E-state index contributed by atoms with van der Waals surface area (Å²) in [5, 5.41) is 0. The number of pyridine rings is 1. The molecule has 1 saturated carbocycles. The molecule has 0 aliphatic heterocycles. The number of nitrogens with zero attached hydrogens (tertiary/aromatic N) is 2. The fourth-order valence-corrected chi connectivity index (χ4v) is 1.66. The van der Waals surface area contributed by atoms with Gasteiger partial charge in [0.25, 0.3) is 5.91 Å². The number of hydrogen-bond acceptors (Lipinski definition) is 2. The van der Waals surface area contributed by atoms with Crippen molar-refractivity contribution in [1.82, 2.24) is 9.88 Å². The van der Waals surface area contributed by atoms with Crippen LogP contribution in [0.1, 0.15) is 23.2 Å². The lowest BCUT2D eigenvalue weighted by Gasteiger charge is -2.19. The van der Waals surface area contributed by atoms with Gasteiger partial charge in [0.1, 0.15) is 0 Å². The molecule has 88 valence electrons. The second-order valence-electron chi connectivity index (χ2n) is 4.20. The van der Waals surface area contributed by atoms with Crippen LogP contribution in [0.15, 0.2) is 18.3 Å². The Kier molecular flexibility index (Phi) is 3.38. The molecule has 1 heterocycles. The SMILES string of the molecule is C#CCN(CC1CC1)C(=O)c1ccnc(F)c1. The lowest BCUT2D eigenvalue weighted by Crippen LogP contribution is -2.33. The summed E-state index contributed by atoms with van der Waals surface area (Å²) in [5.74, 6) is 2.14. The number of carbonyl (C=O) groups is 1. The average molecular weight is 232 g/mol. The van der Waals surface area contributed by atoms with E-state index in [1.54, 1.807) is 4.90 Å². The van der Waals surface area contributed by atoms with Crippen molar-refractivity contribution in [3.63, 3.8) is 0 Å². The fraction of sp³-hybridized carbons (Fsp3) is 0.385. The van der Waals surface area contributed by atoms with Gasteiger partial charge in [-0.05, 0) is 24.8 Å². The number of terminal acetylenes is 1.